The number of nitrogens with two attached hydrogens (primary N) is 1. The Hall–Kier alpha value is -2.21. The number of nitrogens with one attached hydrogen (secondary N) is 2. The third-order valence-electron chi connectivity index (χ3n) is 2.96. The van der Waals surface area contributed by atoms with Crippen molar-refractivity contribution in [2.24, 2.45) is 5.73 Å². The van der Waals surface area contributed by atoms with Gasteiger partial charge in [0.15, 0.2) is 5.65 Å². The van der Waals surface area contributed by atoms with Gasteiger partial charge >= 0.3 is 0 Å². The molecule has 0 aromatic carbocycles. The lowest BCUT2D eigenvalue weighted by Gasteiger charge is -2.05. The second kappa shape index (κ2) is 4.23. The Labute approximate surface area is 104 Å². The number of pyridine rings is 1. The van der Waals surface area contributed by atoms with Gasteiger partial charge in [-0.05, 0) is 18.6 Å². The van der Waals surface area contributed by atoms with Crippen LogP contribution in [-0.2, 0) is 6.42 Å². The van der Waals surface area contributed by atoms with E-state index in [-0.39, 0.29) is 6.04 Å². The summed E-state index contributed by atoms with van der Waals surface area (Å²) in [5, 5.41) is 0. The van der Waals surface area contributed by atoms with Crippen LogP contribution in [0, 0.1) is 6.92 Å². The zero-order valence-electron chi connectivity index (χ0n) is 10.0. The van der Waals surface area contributed by atoms with E-state index in [1.54, 1.807) is 18.7 Å². The summed E-state index contributed by atoms with van der Waals surface area (Å²) in [5.41, 5.74) is 9.91. The molecule has 0 spiro atoms. The van der Waals surface area contributed by atoms with Crippen LogP contribution in [0.4, 0.5) is 0 Å². The van der Waals surface area contributed by atoms with Crippen molar-refractivity contribution >= 4 is 11.2 Å². The second-order valence-electron chi connectivity index (χ2n) is 4.34. The van der Waals surface area contributed by atoms with Crippen LogP contribution in [0.2, 0.25) is 0 Å². The molecule has 6 heteroatoms. The Morgan fingerprint density at radius 3 is 3.06 bits per heavy atom. The van der Waals surface area contributed by atoms with Crippen LogP contribution in [-0.4, -0.2) is 24.9 Å². The Morgan fingerprint density at radius 2 is 2.33 bits per heavy atom. The van der Waals surface area contributed by atoms with Gasteiger partial charge in [-0.3, -0.25) is 0 Å². The molecule has 0 fully saturated rings. The number of hydrogen-bond donors (Lipinski definition) is 3. The molecule has 0 radical (unpaired) electrons. The highest BCUT2D eigenvalue weighted by atomic mass is 15.0. The van der Waals surface area contributed by atoms with Gasteiger partial charge in [0.25, 0.3) is 0 Å². The molecule has 0 aliphatic heterocycles. The third-order valence-corrected chi connectivity index (χ3v) is 2.96. The fourth-order valence-corrected chi connectivity index (χ4v) is 1.96. The lowest BCUT2D eigenvalue weighted by molar-refractivity contribution is 0.670. The van der Waals surface area contributed by atoms with Crippen LogP contribution in [0.5, 0.6) is 0 Å². The molecular weight excluding hydrogens is 228 g/mol. The van der Waals surface area contributed by atoms with Crippen LogP contribution in [0.25, 0.3) is 11.2 Å². The molecular formula is C12H14N6. The molecule has 0 saturated heterocycles. The summed E-state index contributed by atoms with van der Waals surface area (Å²) in [4.78, 5) is 18.9. The van der Waals surface area contributed by atoms with Crippen LogP contribution < -0.4 is 5.73 Å². The molecule has 0 bridgehead atoms. The minimum absolute atomic E-state index is 0.195. The molecule has 1 unspecified atom stereocenters. The smallest absolute Gasteiger partial charge is 0.178 e. The quantitative estimate of drug-likeness (QED) is 0.643. The van der Waals surface area contributed by atoms with E-state index in [9.17, 15) is 0 Å². The topological polar surface area (TPSA) is 96.3 Å². The van der Waals surface area contributed by atoms with E-state index in [0.29, 0.717) is 12.1 Å². The van der Waals surface area contributed by atoms with Gasteiger partial charge in [-0.2, -0.15) is 0 Å². The van der Waals surface area contributed by atoms with Crippen molar-refractivity contribution in [2.45, 2.75) is 19.4 Å². The number of aryl methyl sites for hydroxylation is 1. The molecule has 18 heavy (non-hydrogen) atoms. The Balaban J connectivity index is 1.92. The number of aromatic nitrogens is 5. The zero-order valence-corrected chi connectivity index (χ0v) is 10.0. The molecule has 6 nitrogen and oxygen atoms in total. The maximum atomic E-state index is 6.13. The summed E-state index contributed by atoms with van der Waals surface area (Å²) in [6.07, 6.45) is 5.83. The molecule has 92 valence electrons. The van der Waals surface area contributed by atoms with Crippen molar-refractivity contribution in [2.75, 3.05) is 0 Å². The number of rotatable bonds is 3. The maximum Gasteiger partial charge on any atom is 0.178 e. The summed E-state index contributed by atoms with van der Waals surface area (Å²) >= 11 is 0. The number of nitrogens with zero attached hydrogens (tertiary/aromatic N) is 3. The van der Waals surface area contributed by atoms with E-state index in [2.05, 4.69) is 24.9 Å². The molecule has 0 aliphatic rings. The highest BCUT2D eigenvalue weighted by Gasteiger charge is 2.14. The number of aromatic amines is 2. The minimum Gasteiger partial charge on any atom is -0.348 e. The van der Waals surface area contributed by atoms with Gasteiger partial charge in [0.1, 0.15) is 5.82 Å². The largest absolute Gasteiger partial charge is 0.348 e. The number of imidazole rings is 2. The van der Waals surface area contributed by atoms with Crippen molar-refractivity contribution in [3.05, 3.63) is 41.9 Å². The van der Waals surface area contributed by atoms with Gasteiger partial charge in [-0.1, -0.05) is 0 Å². The summed E-state index contributed by atoms with van der Waals surface area (Å²) in [6.45, 7) is 2.02. The van der Waals surface area contributed by atoms with Crippen LogP contribution in [0.15, 0.2) is 24.8 Å². The van der Waals surface area contributed by atoms with E-state index < -0.39 is 0 Å². The van der Waals surface area contributed by atoms with Crippen molar-refractivity contribution in [3.8, 4) is 0 Å². The molecule has 0 amide bonds. The van der Waals surface area contributed by atoms with E-state index in [1.807, 2.05) is 13.0 Å². The third kappa shape index (κ3) is 1.86. The lowest BCUT2D eigenvalue weighted by atomic mass is 10.2. The van der Waals surface area contributed by atoms with E-state index in [4.69, 9.17) is 5.73 Å². The van der Waals surface area contributed by atoms with Gasteiger partial charge < -0.3 is 15.7 Å². The fourth-order valence-electron chi connectivity index (χ4n) is 1.96. The molecule has 0 saturated carbocycles. The van der Waals surface area contributed by atoms with Gasteiger partial charge in [0.2, 0.25) is 0 Å². The molecule has 3 heterocycles. The Bertz CT molecular complexity index is 654. The first-order chi connectivity index (χ1) is 8.74. The zero-order chi connectivity index (χ0) is 12.5. The summed E-state index contributed by atoms with van der Waals surface area (Å²) in [6, 6.07) is 1.75. The summed E-state index contributed by atoms with van der Waals surface area (Å²) < 4.78 is 0. The summed E-state index contributed by atoms with van der Waals surface area (Å²) in [7, 11) is 0. The average Bonchev–Trinajstić information content (AvgIpc) is 2.97. The van der Waals surface area contributed by atoms with Gasteiger partial charge in [-0.15, -0.1) is 0 Å². The minimum atomic E-state index is -0.195. The normalized spacial score (nSPS) is 13.0. The first-order valence-electron chi connectivity index (χ1n) is 5.78. The van der Waals surface area contributed by atoms with E-state index >= 15 is 0 Å². The average molecular weight is 242 g/mol. The maximum absolute atomic E-state index is 6.13. The molecule has 3 aromatic heterocycles. The van der Waals surface area contributed by atoms with Crippen molar-refractivity contribution < 1.29 is 0 Å². The monoisotopic (exact) mass is 242 g/mol. The van der Waals surface area contributed by atoms with Crippen LogP contribution >= 0.6 is 0 Å². The molecule has 3 rings (SSSR count). The molecule has 0 aliphatic carbocycles. The molecule has 1 atom stereocenters. The van der Waals surface area contributed by atoms with Gasteiger partial charge in [-0.25, -0.2) is 15.0 Å². The Kier molecular flexibility index (Phi) is 2.56. The molecule has 4 N–H and O–H groups in total. The second-order valence-corrected chi connectivity index (χ2v) is 4.34. The van der Waals surface area contributed by atoms with E-state index in [0.717, 1.165) is 22.6 Å². The predicted molar refractivity (Wildman–Crippen MR) is 67.8 cm³/mol. The van der Waals surface area contributed by atoms with Crippen LogP contribution in [0.1, 0.15) is 23.1 Å². The van der Waals surface area contributed by atoms with Crippen molar-refractivity contribution in [1.82, 2.24) is 24.9 Å². The first-order valence-corrected chi connectivity index (χ1v) is 5.78. The van der Waals surface area contributed by atoms with Crippen molar-refractivity contribution in [1.29, 1.82) is 0 Å². The SMILES string of the molecule is Cc1ccnc2nc(C(N)Cc3cnc[nH]3)[nH]c12. The number of fused-ring (bicyclic) bond motifs is 1. The summed E-state index contributed by atoms with van der Waals surface area (Å²) in [5.74, 6) is 0.751. The van der Waals surface area contributed by atoms with E-state index in [1.165, 1.54) is 0 Å². The van der Waals surface area contributed by atoms with Gasteiger partial charge in [0, 0.05) is 24.5 Å². The van der Waals surface area contributed by atoms with Crippen LogP contribution in [0.3, 0.4) is 0 Å². The fraction of sp³-hybridized carbons (Fsp3) is 0.250. The number of hydrogen-bond acceptors (Lipinski definition) is 4. The van der Waals surface area contributed by atoms with Gasteiger partial charge in [0.05, 0.1) is 17.9 Å². The Morgan fingerprint density at radius 1 is 1.44 bits per heavy atom. The first kappa shape index (κ1) is 10.9. The highest BCUT2D eigenvalue weighted by molar-refractivity contribution is 5.74. The number of H-pyrrole nitrogens is 2. The molecule has 3 aromatic rings. The van der Waals surface area contributed by atoms with Crippen molar-refractivity contribution in [3.63, 3.8) is 0 Å². The lowest BCUT2D eigenvalue weighted by Crippen LogP contribution is -2.15. The standard InChI is InChI=1S/C12H14N6/c1-7-2-3-15-12-10(7)17-11(18-12)9(13)4-8-5-14-6-16-8/h2-3,5-6,9H,4,13H2,1H3,(H,14,16)(H,15,17,18). The predicted octanol–water partition coefficient (Wildman–Crippen LogP) is 1.23. The highest BCUT2D eigenvalue weighted by Crippen LogP contribution is 2.17.